The number of para-hydroxylation sites is 1. The van der Waals surface area contributed by atoms with Gasteiger partial charge in [-0.05, 0) is 18.1 Å². The van der Waals surface area contributed by atoms with Gasteiger partial charge in [0.15, 0.2) is 0 Å². The van der Waals surface area contributed by atoms with Gasteiger partial charge in [0, 0.05) is 13.7 Å². The minimum absolute atomic E-state index is 0.131. The van der Waals surface area contributed by atoms with Crippen molar-refractivity contribution in [3.8, 4) is 5.75 Å². The van der Waals surface area contributed by atoms with Gasteiger partial charge in [0.1, 0.15) is 12.4 Å². The van der Waals surface area contributed by atoms with Gasteiger partial charge >= 0.3 is 0 Å². The topological polar surface area (TPSA) is 47.3 Å². The monoisotopic (exact) mass is 232 g/mol. The maximum atomic E-state index is 8.97. The second-order valence-corrected chi connectivity index (χ2v) is 3.87. The van der Waals surface area contributed by atoms with E-state index in [0.29, 0.717) is 13.0 Å². The summed E-state index contributed by atoms with van der Waals surface area (Å²) in [6.45, 7) is 0.616. The van der Waals surface area contributed by atoms with E-state index in [0.717, 1.165) is 17.0 Å². The van der Waals surface area contributed by atoms with Crippen LogP contribution < -0.4 is 4.74 Å². The normalized spacial score (nSPS) is 10.5. The van der Waals surface area contributed by atoms with Crippen LogP contribution in [0, 0.1) is 0 Å². The molecule has 0 bridgehead atoms. The predicted molar refractivity (Wildman–Crippen MR) is 64.8 cm³/mol. The van der Waals surface area contributed by atoms with Crippen LogP contribution in [-0.4, -0.2) is 21.3 Å². The van der Waals surface area contributed by atoms with Gasteiger partial charge in [0.05, 0.1) is 18.2 Å². The lowest BCUT2D eigenvalue weighted by Crippen LogP contribution is -2.03. The first-order valence-electron chi connectivity index (χ1n) is 5.58. The molecule has 4 heteroatoms. The van der Waals surface area contributed by atoms with Crippen molar-refractivity contribution in [2.24, 2.45) is 7.05 Å². The highest BCUT2D eigenvalue weighted by atomic mass is 16.5. The Morgan fingerprint density at radius 2 is 2.18 bits per heavy atom. The smallest absolute Gasteiger partial charge is 0.130 e. The van der Waals surface area contributed by atoms with Gasteiger partial charge in [-0.15, -0.1) is 0 Å². The molecule has 0 saturated heterocycles. The lowest BCUT2D eigenvalue weighted by molar-refractivity contribution is 0.280. The number of aryl methyl sites for hydroxylation is 1. The summed E-state index contributed by atoms with van der Waals surface area (Å²) >= 11 is 0. The third kappa shape index (κ3) is 2.85. The summed E-state index contributed by atoms with van der Waals surface area (Å²) in [4.78, 5) is 4.04. The summed E-state index contributed by atoms with van der Waals surface area (Å²) in [7, 11) is 1.94. The van der Waals surface area contributed by atoms with E-state index >= 15 is 0 Å². The van der Waals surface area contributed by atoms with Crippen LogP contribution >= 0.6 is 0 Å². The van der Waals surface area contributed by atoms with Crippen LogP contribution in [0.5, 0.6) is 5.75 Å². The Morgan fingerprint density at radius 3 is 2.88 bits per heavy atom. The molecule has 2 rings (SSSR count). The van der Waals surface area contributed by atoms with Gasteiger partial charge in [-0.2, -0.15) is 0 Å². The summed E-state index contributed by atoms with van der Waals surface area (Å²) in [6, 6.07) is 7.76. The Bertz CT molecular complexity index is 480. The van der Waals surface area contributed by atoms with E-state index in [-0.39, 0.29) is 6.61 Å². The molecule has 0 fully saturated rings. The number of rotatable bonds is 5. The van der Waals surface area contributed by atoms with Crippen LogP contribution in [0.25, 0.3) is 0 Å². The highest BCUT2D eigenvalue weighted by Crippen LogP contribution is 2.19. The lowest BCUT2D eigenvalue weighted by Gasteiger charge is -2.10. The van der Waals surface area contributed by atoms with Gasteiger partial charge < -0.3 is 14.4 Å². The summed E-state index contributed by atoms with van der Waals surface area (Å²) in [5, 5.41) is 8.97. The van der Waals surface area contributed by atoms with Crippen LogP contribution in [0.15, 0.2) is 36.8 Å². The molecule has 0 aliphatic carbocycles. The van der Waals surface area contributed by atoms with Crippen LogP contribution in [0.2, 0.25) is 0 Å². The maximum absolute atomic E-state index is 8.97. The summed E-state index contributed by atoms with van der Waals surface area (Å²) in [6.07, 6.45) is 4.15. The minimum Gasteiger partial charge on any atom is -0.487 e. The number of aromatic nitrogens is 2. The van der Waals surface area contributed by atoms with Gasteiger partial charge in [0.25, 0.3) is 0 Å². The number of ether oxygens (including phenoxy) is 1. The quantitative estimate of drug-likeness (QED) is 0.850. The summed E-state index contributed by atoms with van der Waals surface area (Å²) in [5.41, 5.74) is 2.04. The van der Waals surface area contributed by atoms with E-state index in [1.165, 1.54) is 0 Å². The molecule has 0 amide bonds. The number of aliphatic hydroxyl groups excluding tert-OH is 1. The molecule has 4 nitrogen and oxygen atoms in total. The number of nitrogens with zero attached hydrogens (tertiary/aromatic N) is 2. The molecule has 0 radical (unpaired) electrons. The van der Waals surface area contributed by atoms with Gasteiger partial charge in [-0.25, -0.2) is 4.98 Å². The van der Waals surface area contributed by atoms with Crippen molar-refractivity contribution in [2.45, 2.75) is 13.0 Å². The van der Waals surface area contributed by atoms with Gasteiger partial charge in [-0.3, -0.25) is 0 Å². The number of hydrogen-bond donors (Lipinski definition) is 1. The molecule has 1 aromatic carbocycles. The fourth-order valence-corrected chi connectivity index (χ4v) is 1.65. The third-order valence-corrected chi connectivity index (χ3v) is 2.65. The lowest BCUT2D eigenvalue weighted by atomic mass is 10.1. The molecule has 0 aliphatic rings. The zero-order valence-electron chi connectivity index (χ0n) is 9.84. The molecule has 0 unspecified atom stereocenters. The molecule has 17 heavy (non-hydrogen) atoms. The van der Waals surface area contributed by atoms with Crippen molar-refractivity contribution in [1.29, 1.82) is 0 Å². The van der Waals surface area contributed by atoms with E-state index in [1.807, 2.05) is 35.9 Å². The number of hydrogen-bond acceptors (Lipinski definition) is 3. The molecule has 1 N–H and O–H groups in total. The highest BCUT2D eigenvalue weighted by Gasteiger charge is 2.04. The Hall–Kier alpha value is -1.81. The molecule has 0 saturated carbocycles. The average Bonchev–Trinajstić information content (AvgIpc) is 2.74. The maximum Gasteiger partial charge on any atom is 0.130 e. The molecule has 90 valence electrons. The molecular formula is C13H16N2O2. The number of imidazole rings is 1. The zero-order valence-corrected chi connectivity index (χ0v) is 9.84. The molecule has 1 heterocycles. The Kier molecular flexibility index (Phi) is 3.77. The first kappa shape index (κ1) is 11.7. The van der Waals surface area contributed by atoms with Crippen molar-refractivity contribution in [2.75, 3.05) is 6.61 Å². The Labute approximate surface area is 100 Å². The van der Waals surface area contributed by atoms with Crippen LogP contribution in [0.4, 0.5) is 0 Å². The van der Waals surface area contributed by atoms with E-state index in [4.69, 9.17) is 9.84 Å². The van der Waals surface area contributed by atoms with E-state index in [1.54, 1.807) is 12.5 Å². The fraction of sp³-hybridized carbons (Fsp3) is 0.308. The van der Waals surface area contributed by atoms with Crippen LogP contribution in [0.1, 0.15) is 11.3 Å². The first-order chi connectivity index (χ1) is 8.31. The SMILES string of the molecule is Cn1cncc1COc1ccccc1CCO. The molecule has 0 aliphatic heterocycles. The van der Waals surface area contributed by atoms with Crippen molar-refractivity contribution >= 4 is 0 Å². The van der Waals surface area contributed by atoms with Crippen LogP contribution in [0.3, 0.4) is 0 Å². The van der Waals surface area contributed by atoms with Gasteiger partial charge in [-0.1, -0.05) is 18.2 Å². The largest absolute Gasteiger partial charge is 0.487 e. The Balaban J connectivity index is 2.06. The number of aliphatic hydroxyl groups is 1. The zero-order chi connectivity index (χ0) is 12.1. The van der Waals surface area contributed by atoms with Crippen molar-refractivity contribution in [1.82, 2.24) is 9.55 Å². The third-order valence-electron chi connectivity index (χ3n) is 2.65. The predicted octanol–water partition coefficient (Wildman–Crippen LogP) is 1.53. The van der Waals surface area contributed by atoms with Crippen molar-refractivity contribution < 1.29 is 9.84 Å². The first-order valence-corrected chi connectivity index (χ1v) is 5.58. The standard InChI is InChI=1S/C13H16N2O2/c1-15-10-14-8-12(15)9-17-13-5-3-2-4-11(13)6-7-16/h2-5,8,10,16H,6-7,9H2,1H3. The highest BCUT2D eigenvalue weighted by molar-refractivity contribution is 5.33. The summed E-state index contributed by atoms with van der Waals surface area (Å²) < 4.78 is 7.67. The second-order valence-electron chi connectivity index (χ2n) is 3.87. The Morgan fingerprint density at radius 1 is 1.35 bits per heavy atom. The second kappa shape index (κ2) is 5.50. The summed E-state index contributed by atoms with van der Waals surface area (Å²) in [5.74, 6) is 0.822. The molecule has 2 aromatic rings. The van der Waals surface area contributed by atoms with Gasteiger partial charge in [0.2, 0.25) is 0 Å². The van der Waals surface area contributed by atoms with Crippen LogP contribution in [-0.2, 0) is 20.1 Å². The van der Waals surface area contributed by atoms with Crippen molar-refractivity contribution in [3.05, 3.63) is 48.0 Å². The van der Waals surface area contributed by atoms with E-state index in [2.05, 4.69) is 4.98 Å². The van der Waals surface area contributed by atoms with Crippen molar-refractivity contribution in [3.63, 3.8) is 0 Å². The fourth-order valence-electron chi connectivity index (χ4n) is 1.65. The minimum atomic E-state index is 0.131. The molecule has 0 atom stereocenters. The molecular weight excluding hydrogens is 216 g/mol. The average molecular weight is 232 g/mol. The number of benzene rings is 1. The van der Waals surface area contributed by atoms with E-state index in [9.17, 15) is 0 Å². The van der Waals surface area contributed by atoms with E-state index < -0.39 is 0 Å². The molecule has 0 spiro atoms. The molecule has 1 aromatic heterocycles.